The number of esters is 1. The monoisotopic (exact) mass is 753 g/mol. The number of nitrogens with one attached hydrogen (secondary N) is 1. The number of hydrazine groups is 1. The van der Waals surface area contributed by atoms with Crippen LogP contribution in [0.3, 0.4) is 0 Å². The summed E-state index contributed by atoms with van der Waals surface area (Å²) in [6, 6.07) is 15.7. The van der Waals surface area contributed by atoms with Crippen LogP contribution < -0.4 is 0 Å². The molecule has 16 nitrogen and oxygen atoms in total. The SMILES string of the molecule is CCCCc1nc(Cl)c(C(=O)OC(C)OC(=O)OCC(C)CCCO/N=[N+](\[O-])N(C)C(C)(C)C)n1Cc1ccc(-c2ccccc2-c2nnn[nH]2)cc1. The average molecular weight is 754 g/mol. The number of halogens is 1. The van der Waals surface area contributed by atoms with Gasteiger partial charge in [0.25, 0.3) is 0 Å². The van der Waals surface area contributed by atoms with E-state index >= 15 is 0 Å². The molecule has 0 amide bonds. The van der Waals surface area contributed by atoms with E-state index in [0.717, 1.165) is 35.1 Å². The van der Waals surface area contributed by atoms with Crippen molar-refractivity contribution in [1.29, 1.82) is 0 Å². The first kappa shape index (κ1) is 40.5. The highest BCUT2D eigenvalue weighted by atomic mass is 35.5. The summed E-state index contributed by atoms with van der Waals surface area (Å²) in [5, 5.41) is 31.2. The van der Waals surface area contributed by atoms with Crippen molar-refractivity contribution in [3.63, 3.8) is 0 Å². The minimum Gasteiger partial charge on any atom is -0.569 e. The molecule has 0 saturated heterocycles. The number of carbonyl (C=O) groups is 2. The Morgan fingerprint density at radius 2 is 1.79 bits per heavy atom. The third-order valence-electron chi connectivity index (χ3n) is 8.39. The number of unbranched alkanes of at least 4 members (excludes halogenated alkanes) is 1. The van der Waals surface area contributed by atoms with Crippen LogP contribution in [0, 0.1) is 11.1 Å². The van der Waals surface area contributed by atoms with Crippen molar-refractivity contribution in [2.45, 2.75) is 92.0 Å². The molecular formula is C36H48ClN9O7. The fraction of sp³-hybridized carbons (Fsp3) is 0.500. The number of benzene rings is 2. The van der Waals surface area contributed by atoms with Gasteiger partial charge in [0.2, 0.25) is 11.6 Å². The van der Waals surface area contributed by atoms with Crippen LogP contribution in [0.5, 0.6) is 0 Å². The molecule has 0 aliphatic heterocycles. The minimum atomic E-state index is -1.26. The molecular weight excluding hydrogens is 706 g/mol. The zero-order chi connectivity index (χ0) is 38.5. The predicted octanol–water partition coefficient (Wildman–Crippen LogP) is 7.39. The van der Waals surface area contributed by atoms with Crippen LogP contribution in [0.25, 0.3) is 22.5 Å². The fourth-order valence-electron chi connectivity index (χ4n) is 5.14. The maximum atomic E-state index is 13.4. The van der Waals surface area contributed by atoms with Gasteiger partial charge in [-0.3, -0.25) is 0 Å². The Kier molecular flexibility index (Phi) is 14.5. The number of hydrogen-bond donors (Lipinski definition) is 1. The summed E-state index contributed by atoms with van der Waals surface area (Å²) in [6.45, 7) is 11.6. The standard InChI is InChI=1S/C36H48ClN9O7/c1-8-9-16-30-38-32(37)31(45(30)22-26-17-19-27(20-18-26)28-14-10-11-15-29(28)33-39-41-42-40-33)34(47)52-25(3)53-35(48)50-23-24(2)13-12-21-51-43-46(49)44(7)36(4,5)6/h10-11,14-15,17-20,24-25H,8-9,12-13,16,21-23H2,1-7H3,(H,39,40,41,42)/b46-43-. The van der Waals surface area contributed by atoms with Crippen LogP contribution in [0.4, 0.5) is 4.79 Å². The van der Waals surface area contributed by atoms with Crippen LogP contribution in [-0.4, -0.2) is 84.4 Å². The quantitative estimate of drug-likeness (QED) is 0.0266. The Morgan fingerprint density at radius 1 is 1.08 bits per heavy atom. The van der Waals surface area contributed by atoms with E-state index in [9.17, 15) is 14.8 Å². The summed E-state index contributed by atoms with van der Waals surface area (Å²) in [5.41, 5.74) is 3.33. The van der Waals surface area contributed by atoms with Gasteiger partial charge in [0.05, 0.1) is 24.2 Å². The van der Waals surface area contributed by atoms with E-state index in [0.29, 0.717) is 42.4 Å². The van der Waals surface area contributed by atoms with Gasteiger partial charge in [-0.05, 0) is 73.1 Å². The van der Waals surface area contributed by atoms with Crippen molar-refractivity contribution in [3.05, 3.63) is 76.0 Å². The molecule has 0 fully saturated rings. The predicted molar refractivity (Wildman–Crippen MR) is 195 cm³/mol. The first-order chi connectivity index (χ1) is 25.3. The van der Waals surface area contributed by atoms with Crippen molar-refractivity contribution in [1.82, 2.24) is 35.2 Å². The first-order valence-corrected chi connectivity index (χ1v) is 17.9. The second kappa shape index (κ2) is 19.0. The molecule has 4 aromatic rings. The summed E-state index contributed by atoms with van der Waals surface area (Å²) in [5.74, 6) is 0.376. The third-order valence-corrected chi connectivity index (χ3v) is 8.66. The molecule has 2 atom stereocenters. The van der Waals surface area contributed by atoms with E-state index in [2.05, 4.69) is 37.8 Å². The summed E-state index contributed by atoms with van der Waals surface area (Å²) < 4.78 is 17.7. The fourth-order valence-corrected chi connectivity index (χ4v) is 5.41. The van der Waals surface area contributed by atoms with E-state index in [1.807, 2.05) is 76.2 Å². The molecule has 1 N–H and O–H groups in total. The van der Waals surface area contributed by atoms with Crippen molar-refractivity contribution in [2.24, 2.45) is 11.2 Å². The minimum absolute atomic E-state index is 0.00289. The number of hydrogen-bond acceptors (Lipinski definition) is 12. The maximum absolute atomic E-state index is 13.4. The van der Waals surface area contributed by atoms with Gasteiger partial charge in [-0.1, -0.05) is 80.4 Å². The zero-order valence-electron chi connectivity index (χ0n) is 31.2. The molecule has 2 heterocycles. The van der Waals surface area contributed by atoms with Gasteiger partial charge in [0.15, 0.2) is 16.7 Å². The van der Waals surface area contributed by atoms with Gasteiger partial charge < -0.3 is 28.8 Å². The lowest BCUT2D eigenvalue weighted by Gasteiger charge is -2.26. The summed E-state index contributed by atoms with van der Waals surface area (Å²) in [7, 11) is 1.62. The van der Waals surface area contributed by atoms with Crippen molar-refractivity contribution in [2.75, 3.05) is 20.3 Å². The molecule has 17 heteroatoms. The molecule has 0 radical (unpaired) electrons. The number of carbonyl (C=O) groups excluding carboxylic acids is 2. The molecule has 0 spiro atoms. The van der Waals surface area contributed by atoms with Crippen molar-refractivity contribution in [3.8, 4) is 22.5 Å². The first-order valence-electron chi connectivity index (χ1n) is 17.5. The summed E-state index contributed by atoms with van der Waals surface area (Å²) >= 11 is 6.52. The number of tetrazole rings is 1. The lowest BCUT2D eigenvalue weighted by molar-refractivity contribution is -0.719. The Labute approximate surface area is 313 Å². The number of aromatic nitrogens is 6. The Hall–Kier alpha value is -5.25. The highest BCUT2D eigenvalue weighted by Gasteiger charge is 2.27. The molecule has 0 aliphatic carbocycles. The highest BCUT2D eigenvalue weighted by molar-refractivity contribution is 6.32. The van der Waals surface area contributed by atoms with E-state index in [4.69, 9.17) is 30.6 Å². The maximum Gasteiger partial charge on any atom is 0.511 e. The molecule has 2 aromatic heterocycles. The molecule has 0 bridgehead atoms. The van der Waals surface area contributed by atoms with E-state index in [-0.39, 0.29) is 30.0 Å². The third kappa shape index (κ3) is 11.6. The lowest BCUT2D eigenvalue weighted by atomic mass is 9.98. The van der Waals surface area contributed by atoms with Gasteiger partial charge in [0.1, 0.15) is 12.4 Å². The number of aromatic amines is 1. The number of aryl methyl sites for hydroxylation is 1. The van der Waals surface area contributed by atoms with Gasteiger partial charge in [-0.2, -0.15) is 0 Å². The van der Waals surface area contributed by atoms with E-state index in [1.165, 1.54) is 11.9 Å². The summed E-state index contributed by atoms with van der Waals surface area (Å²) in [4.78, 5) is 35.9. The molecule has 53 heavy (non-hydrogen) atoms. The molecule has 0 aliphatic rings. The van der Waals surface area contributed by atoms with Crippen LogP contribution in [0.1, 0.15) is 89.1 Å². The Balaban J connectivity index is 1.32. The molecule has 2 unspecified atom stereocenters. The molecule has 286 valence electrons. The van der Waals surface area contributed by atoms with Gasteiger partial charge >= 0.3 is 12.1 Å². The molecule has 0 saturated carbocycles. The van der Waals surface area contributed by atoms with E-state index < -0.39 is 24.0 Å². The Morgan fingerprint density at radius 3 is 2.45 bits per heavy atom. The van der Waals surface area contributed by atoms with Crippen LogP contribution in [0.15, 0.2) is 53.8 Å². The number of nitrogens with zero attached hydrogens (tertiary/aromatic N) is 8. The normalized spacial score (nSPS) is 12.9. The molecule has 4 rings (SSSR count). The smallest absolute Gasteiger partial charge is 0.511 e. The number of rotatable bonds is 18. The number of ether oxygens (including phenoxy) is 3. The second-order valence-electron chi connectivity index (χ2n) is 13.6. The molecule has 2 aromatic carbocycles. The van der Waals surface area contributed by atoms with Crippen molar-refractivity contribution >= 4 is 23.7 Å². The topological polar surface area (TPSA) is 185 Å². The largest absolute Gasteiger partial charge is 0.569 e. The lowest BCUT2D eigenvalue weighted by Crippen LogP contribution is -2.42. The van der Waals surface area contributed by atoms with Crippen LogP contribution >= 0.6 is 11.6 Å². The number of H-pyrrole nitrogens is 1. The second-order valence-corrected chi connectivity index (χ2v) is 14.0. The van der Waals surface area contributed by atoms with E-state index in [1.54, 1.807) is 11.6 Å². The average Bonchev–Trinajstić information content (AvgIpc) is 3.77. The van der Waals surface area contributed by atoms with Gasteiger partial charge in [-0.15, -0.1) is 10.1 Å². The van der Waals surface area contributed by atoms with Crippen LogP contribution in [0.2, 0.25) is 5.15 Å². The van der Waals surface area contributed by atoms with Crippen molar-refractivity contribution < 1.29 is 33.6 Å². The Bertz CT molecular complexity index is 1810. The highest BCUT2D eigenvalue weighted by Crippen LogP contribution is 2.30. The number of imidazole rings is 1. The van der Waals surface area contributed by atoms with Gasteiger partial charge in [-0.25, -0.2) is 19.7 Å². The van der Waals surface area contributed by atoms with Gasteiger partial charge in [0, 0.05) is 25.5 Å². The van der Waals surface area contributed by atoms with Crippen LogP contribution in [-0.2, 0) is 32.0 Å². The zero-order valence-corrected chi connectivity index (χ0v) is 32.0. The summed E-state index contributed by atoms with van der Waals surface area (Å²) in [6.07, 6.45) is 1.33.